The Morgan fingerprint density at radius 3 is 2.85 bits per heavy atom. The van der Waals surface area contributed by atoms with E-state index in [2.05, 4.69) is 16.9 Å². The van der Waals surface area contributed by atoms with Crippen LogP contribution in [0.3, 0.4) is 0 Å². The number of ether oxygens (including phenoxy) is 1. The minimum absolute atomic E-state index is 0.109. The number of carbonyl (C=O) groups excluding carboxylic acids is 1. The number of nitrogens with zero attached hydrogens (tertiary/aromatic N) is 2. The van der Waals surface area contributed by atoms with E-state index in [4.69, 9.17) is 4.74 Å². The van der Waals surface area contributed by atoms with Crippen molar-refractivity contribution in [1.82, 2.24) is 15.2 Å². The lowest BCUT2D eigenvalue weighted by molar-refractivity contribution is 0.201. The lowest BCUT2D eigenvalue weighted by atomic mass is 10.1. The number of pyridine rings is 1. The van der Waals surface area contributed by atoms with Crippen molar-refractivity contribution in [1.29, 1.82) is 0 Å². The molecule has 1 atom stereocenters. The van der Waals surface area contributed by atoms with Gasteiger partial charge in [-0.1, -0.05) is 12.2 Å². The summed E-state index contributed by atoms with van der Waals surface area (Å²) in [6.45, 7) is 10.8. The Kier molecular flexibility index (Phi) is 6.03. The van der Waals surface area contributed by atoms with Crippen LogP contribution in [0.15, 0.2) is 30.6 Å². The van der Waals surface area contributed by atoms with Gasteiger partial charge in [0.2, 0.25) is 0 Å². The van der Waals surface area contributed by atoms with Crippen LogP contribution in [0.1, 0.15) is 32.4 Å². The molecule has 20 heavy (non-hydrogen) atoms. The van der Waals surface area contributed by atoms with Crippen LogP contribution in [0.2, 0.25) is 0 Å². The first-order valence-corrected chi connectivity index (χ1v) is 6.67. The van der Waals surface area contributed by atoms with Crippen LogP contribution in [-0.2, 0) is 0 Å². The van der Waals surface area contributed by atoms with Crippen LogP contribution in [0, 0.1) is 0 Å². The molecule has 0 saturated heterocycles. The highest BCUT2D eigenvalue weighted by Gasteiger charge is 2.17. The van der Waals surface area contributed by atoms with Crippen molar-refractivity contribution in [2.24, 2.45) is 0 Å². The molecule has 0 saturated carbocycles. The highest BCUT2D eigenvalue weighted by atomic mass is 16.5. The van der Waals surface area contributed by atoms with E-state index in [1.807, 2.05) is 26.8 Å². The average Bonchev–Trinajstić information content (AvgIpc) is 2.44. The summed E-state index contributed by atoms with van der Waals surface area (Å²) in [5, 5.41) is 2.97. The summed E-state index contributed by atoms with van der Waals surface area (Å²) in [4.78, 5) is 17.9. The molecule has 1 unspecified atom stereocenters. The fraction of sp³-hybridized carbons (Fsp3) is 0.467. The summed E-state index contributed by atoms with van der Waals surface area (Å²) in [6, 6.07) is 1.58. The van der Waals surface area contributed by atoms with E-state index >= 15 is 0 Å². The first kappa shape index (κ1) is 16.0. The summed E-state index contributed by atoms with van der Waals surface area (Å²) in [5.41, 5.74) is 1.86. The number of hydrogen-bond donors (Lipinski definition) is 1. The van der Waals surface area contributed by atoms with E-state index in [9.17, 15) is 4.79 Å². The third-order valence-corrected chi connectivity index (χ3v) is 2.97. The predicted octanol–water partition coefficient (Wildman–Crippen LogP) is 2.76. The highest BCUT2D eigenvalue weighted by molar-refractivity contribution is 5.75. The van der Waals surface area contributed by atoms with E-state index in [0.29, 0.717) is 18.8 Å². The number of aromatic nitrogens is 1. The minimum Gasteiger partial charge on any atom is -0.495 e. The number of likely N-dealkylation sites (N-methyl/N-ethyl adjacent to an activating group) is 1. The summed E-state index contributed by atoms with van der Waals surface area (Å²) < 4.78 is 5.26. The van der Waals surface area contributed by atoms with Crippen molar-refractivity contribution >= 4 is 6.03 Å². The van der Waals surface area contributed by atoms with Gasteiger partial charge in [-0.2, -0.15) is 0 Å². The molecule has 0 aliphatic heterocycles. The molecule has 0 aliphatic carbocycles. The molecule has 5 nitrogen and oxygen atoms in total. The lowest BCUT2D eigenvalue weighted by Crippen LogP contribution is -2.41. The Labute approximate surface area is 120 Å². The molecule has 0 fully saturated rings. The topological polar surface area (TPSA) is 54.5 Å². The van der Waals surface area contributed by atoms with E-state index in [1.165, 1.54) is 0 Å². The molecule has 0 aromatic carbocycles. The van der Waals surface area contributed by atoms with Gasteiger partial charge < -0.3 is 15.0 Å². The first-order valence-electron chi connectivity index (χ1n) is 6.67. The Morgan fingerprint density at radius 1 is 1.60 bits per heavy atom. The van der Waals surface area contributed by atoms with Gasteiger partial charge in [0.1, 0.15) is 5.75 Å². The zero-order chi connectivity index (χ0) is 15.1. The van der Waals surface area contributed by atoms with E-state index in [-0.39, 0.29) is 12.1 Å². The van der Waals surface area contributed by atoms with Gasteiger partial charge in [-0.25, -0.2) is 4.79 Å². The molecule has 110 valence electrons. The van der Waals surface area contributed by atoms with Crippen molar-refractivity contribution in [3.8, 4) is 5.75 Å². The van der Waals surface area contributed by atoms with Crippen LogP contribution < -0.4 is 10.1 Å². The third kappa shape index (κ3) is 4.26. The Bertz CT molecular complexity index is 474. The fourth-order valence-corrected chi connectivity index (χ4v) is 1.93. The maximum Gasteiger partial charge on any atom is 0.318 e. The van der Waals surface area contributed by atoms with Crippen molar-refractivity contribution in [2.45, 2.75) is 26.8 Å². The number of hydrogen-bond acceptors (Lipinski definition) is 3. The van der Waals surface area contributed by atoms with Gasteiger partial charge in [0.25, 0.3) is 0 Å². The maximum absolute atomic E-state index is 12.2. The molecule has 1 N–H and O–H groups in total. The Hall–Kier alpha value is -2.04. The van der Waals surface area contributed by atoms with Gasteiger partial charge in [-0.15, -0.1) is 0 Å². The molecule has 0 spiro atoms. The van der Waals surface area contributed by atoms with Crippen molar-refractivity contribution in [2.75, 3.05) is 20.2 Å². The predicted molar refractivity (Wildman–Crippen MR) is 79.8 cm³/mol. The number of rotatable bonds is 6. The Morgan fingerprint density at radius 2 is 2.30 bits per heavy atom. The molecule has 1 aromatic heterocycles. The summed E-state index contributed by atoms with van der Waals surface area (Å²) in [5.74, 6) is 0.670. The maximum atomic E-state index is 12.2. The van der Waals surface area contributed by atoms with E-state index in [1.54, 1.807) is 24.4 Å². The summed E-state index contributed by atoms with van der Waals surface area (Å²) >= 11 is 0. The van der Waals surface area contributed by atoms with E-state index < -0.39 is 0 Å². The minimum atomic E-state index is -0.153. The normalized spacial score (nSPS) is 11.6. The molecular formula is C15H23N3O2. The highest BCUT2D eigenvalue weighted by Crippen LogP contribution is 2.23. The smallest absolute Gasteiger partial charge is 0.318 e. The van der Waals surface area contributed by atoms with Gasteiger partial charge in [0, 0.05) is 24.8 Å². The van der Waals surface area contributed by atoms with Crippen molar-refractivity contribution in [3.63, 3.8) is 0 Å². The molecular weight excluding hydrogens is 254 g/mol. The molecule has 1 heterocycles. The van der Waals surface area contributed by atoms with Gasteiger partial charge in [0.15, 0.2) is 0 Å². The zero-order valence-corrected chi connectivity index (χ0v) is 12.6. The largest absolute Gasteiger partial charge is 0.495 e. The number of carbonyl (C=O) groups is 1. The van der Waals surface area contributed by atoms with E-state index in [0.717, 1.165) is 11.1 Å². The molecule has 5 heteroatoms. The second-order valence-corrected chi connectivity index (χ2v) is 4.76. The molecule has 2 amide bonds. The van der Waals surface area contributed by atoms with Gasteiger partial charge in [-0.3, -0.25) is 4.98 Å². The number of urea groups is 1. The zero-order valence-electron chi connectivity index (χ0n) is 12.6. The van der Waals surface area contributed by atoms with Crippen LogP contribution in [0.5, 0.6) is 5.75 Å². The quantitative estimate of drug-likeness (QED) is 0.813. The summed E-state index contributed by atoms with van der Waals surface area (Å²) in [6.07, 6.45) is 3.33. The molecule has 1 rings (SSSR count). The standard InChI is InChI=1S/C15H23N3O2/c1-6-18(10-11(2)3)15(19)17-12(4)13-7-8-16-9-14(13)20-5/h7-9,12H,2,6,10H2,1,3-5H3,(H,17,19). The second-order valence-electron chi connectivity index (χ2n) is 4.76. The van der Waals surface area contributed by atoms with Gasteiger partial charge in [0.05, 0.1) is 19.3 Å². The summed E-state index contributed by atoms with van der Waals surface area (Å²) in [7, 11) is 1.59. The second kappa shape index (κ2) is 7.53. The SMILES string of the molecule is C=C(C)CN(CC)C(=O)NC(C)c1ccncc1OC. The van der Waals surface area contributed by atoms with Gasteiger partial charge in [-0.05, 0) is 26.8 Å². The average molecular weight is 277 g/mol. The van der Waals surface area contributed by atoms with Crippen LogP contribution in [-0.4, -0.2) is 36.1 Å². The Balaban J connectivity index is 2.76. The number of amides is 2. The number of methoxy groups -OCH3 is 1. The molecule has 0 aliphatic rings. The van der Waals surface area contributed by atoms with Crippen LogP contribution in [0.4, 0.5) is 4.79 Å². The third-order valence-electron chi connectivity index (χ3n) is 2.97. The molecule has 1 aromatic rings. The monoisotopic (exact) mass is 277 g/mol. The van der Waals surface area contributed by atoms with Crippen LogP contribution >= 0.6 is 0 Å². The van der Waals surface area contributed by atoms with Gasteiger partial charge >= 0.3 is 6.03 Å². The van der Waals surface area contributed by atoms with Crippen molar-refractivity contribution < 1.29 is 9.53 Å². The molecule has 0 bridgehead atoms. The number of nitrogens with one attached hydrogen (secondary N) is 1. The first-order chi connectivity index (χ1) is 9.49. The molecule has 0 radical (unpaired) electrons. The van der Waals surface area contributed by atoms with Crippen molar-refractivity contribution in [3.05, 3.63) is 36.2 Å². The van der Waals surface area contributed by atoms with Crippen LogP contribution in [0.25, 0.3) is 0 Å². The fourth-order valence-electron chi connectivity index (χ4n) is 1.93. The lowest BCUT2D eigenvalue weighted by Gasteiger charge is -2.24.